The fourth-order valence-electron chi connectivity index (χ4n) is 3.59. The lowest BCUT2D eigenvalue weighted by molar-refractivity contribution is -0.127. The van der Waals surface area contributed by atoms with E-state index in [-0.39, 0.29) is 24.4 Å². The second-order valence-corrected chi connectivity index (χ2v) is 7.53. The van der Waals surface area contributed by atoms with Gasteiger partial charge in [-0.1, -0.05) is 25.3 Å². The van der Waals surface area contributed by atoms with Crippen molar-refractivity contribution in [1.29, 1.82) is 0 Å². The van der Waals surface area contributed by atoms with E-state index < -0.39 is 0 Å². The van der Waals surface area contributed by atoms with Crippen molar-refractivity contribution in [2.24, 2.45) is 5.92 Å². The first kappa shape index (κ1) is 23.0. The first-order valence-corrected chi connectivity index (χ1v) is 10.4. The van der Waals surface area contributed by atoms with Gasteiger partial charge in [0.05, 0.1) is 26.3 Å². The molecule has 2 amide bonds. The molecule has 2 rings (SSSR count). The molecule has 2 N–H and O–H groups in total. The standard InChI is InChI=1S/C22H34N2O5/c1-16(18-9-10-19(20(14-18)28-3)29-12-11-27-2)24-22(26)15-23-21(25)13-17-7-5-4-6-8-17/h9-10,14,16-17H,4-8,11-13,15H2,1-3H3,(H,23,25)(H,24,26). The first-order valence-electron chi connectivity index (χ1n) is 10.4. The average molecular weight is 407 g/mol. The van der Waals surface area contributed by atoms with E-state index in [0.29, 0.717) is 37.1 Å². The topological polar surface area (TPSA) is 85.9 Å². The summed E-state index contributed by atoms with van der Waals surface area (Å²) in [4.78, 5) is 24.3. The molecule has 1 aliphatic rings. The van der Waals surface area contributed by atoms with E-state index in [2.05, 4.69) is 10.6 Å². The fourth-order valence-corrected chi connectivity index (χ4v) is 3.59. The number of carbonyl (C=O) groups is 2. The molecule has 7 heteroatoms. The van der Waals surface area contributed by atoms with Crippen LogP contribution in [0.25, 0.3) is 0 Å². The minimum absolute atomic E-state index is 0.00869. The van der Waals surface area contributed by atoms with Gasteiger partial charge in [-0.25, -0.2) is 0 Å². The normalized spacial score (nSPS) is 15.4. The Morgan fingerprint density at radius 2 is 1.83 bits per heavy atom. The summed E-state index contributed by atoms with van der Waals surface area (Å²) in [5.41, 5.74) is 0.892. The molecule has 1 aromatic rings. The van der Waals surface area contributed by atoms with Gasteiger partial charge in [0, 0.05) is 13.5 Å². The molecule has 162 valence electrons. The summed E-state index contributed by atoms with van der Waals surface area (Å²) in [6.45, 7) is 2.80. The maximum Gasteiger partial charge on any atom is 0.239 e. The average Bonchev–Trinajstić information content (AvgIpc) is 2.73. The zero-order valence-corrected chi connectivity index (χ0v) is 17.8. The molecular weight excluding hydrogens is 372 g/mol. The van der Waals surface area contributed by atoms with Gasteiger partial charge in [0.25, 0.3) is 0 Å². The molecule has 1 atom stereocenters. The van der Waals surface area contributed by atoms with Crippen molar-refractivity contribution in [3.05, 3.63) is 23.8 Å². The molecule has 0 saturated heterocycles. The number of amides is 2. The largest absolute Gasteiger partial charge is 0.493 e. The van der Waals surface area contributed by atoms with Crippen LogP contribution in [0.2, 0.25) is 0 Å². The van der Waals surface area contributed by atoms with Crippen LogP contribution in [-0.4, -0.2) is 45.8 Å². The van der Waals surface area contributed by atoms with Gasteiger partial charge < -0.3 is 24.8 Å². The van der Waals surface area contributed by atoms with Crippen molar-refractivity contribution in [2.75, 3.05) is 34.0 Å². The maximum atomic E-state index is 12.2. The predicted molar refractivity (Wildman–Crippen MR) is 111 cm³/mol. The molecule has 29 heavy (non-hydrogen) atoms. The lowest BCUT2D eigenvalue weighted by Gasteiger charge is -2.21. The lowest BCUT2D eigenvalue weighted by atomic mass is 9.87. The van der Waals surface area contributed by atoms with Gasteiger partial charge in [0.2, 0.25) is 11.8 Å². The molecule has 1 fully saturated rings. The fraction of sp³-hybridized carbons (Fsp3) is 0.636. The summed E-state index contributed by atoms with van der Waals surface area (Å²) in [6, 6.07) is 5.32. The van der Waals surface area contributed by atoms with E-state index in [1.165, 1.54) is 19.3 Å². The Morgan fingerprint density at radius 1 is 1.07 bits per heavy atom. The van der Waals surface area contributed by atoms with E-state index >= 15 is 0 Å². The molecule has 0 aliphatic heterocycles. The Hall–Kier alpha value is -2.28. The Balaban J connectivity index is 1.79. The highest BCUT2D eigenvalue weighted by atomic mass is 16.5. The third-order valence-corrected chi connectivity index (χ3v) is 5.26. The third-order valence-electron chi connectivity index (χ3n) is 5.26. The molecule has 0 bridgehead atoms. The summed E-state index contributed by atoms with van der Waals surface area (Å²) in [5, 5.41) is 5.65. The van der Waals surface area contributed by atoms with Crippen molar-refractivity contribution < 1.29 is 23.8 Å². The SMILES string of the molecule is COCCOc1ccc(C(C)NC(=O)CNC(=O)CC2CCCCC2)cc1OC. The van der Waals surface area contributed by atoms with Crippen LogP contribution >= 0.6 is 0 Å². The van der Waals surface area contributed by atoms with Crippen LogP contribution in [0.3, 0.4) is 0 Å². The van der Waals surface area contributed by atoms with Crippen LogP contribution in [-0.2, 0) is 14.3 Å². The summed E-state index contributed by atoms with van der Waals surface area (Å²) in [7, 11) is 3.19. The van der Waals surface area contributed by atoms with Crippen LogP contribution in [0.15, 0.2) is 18.2 Å². The molecule has 0 radical (unpaired) electrons. The summed E-state index contributed by atoms with van der Waals surface area (Å²) < 4.78 is 16.0. The molecule has 1 unspecified atom stereocenters. The monoisotopic (exact) mass is 406 g/mol. The van der Waals surface area contributed by atoms with Crippen molar-refractivity contribution in [3.63, 3.8) is 0 Å². The number of nitrogens with one attached hydrogen (secondary N) is 2. The van der Waals surface area contributed by atoms with Crippen LogP contribution in [0.1, 0.15) is 57.1 Å². The number of hydrogen-bond acceptors (Lipinski definition) is 5. The Kier molecular flexibility index (Phi) is 9.77. The van der Waals surface area contributed by atoms with E-state index in [4.69, 9.17) is 14.2 Å². The zero-order chi connectivity index (χ0) is 21.1. The Bertz CT molecular complexity index is 659. The van der Waals surface area contributed by atoms with Crippen molar-refractivity contribution >= 4 is 11.8 Å². The lowest BCUT2D eigenvalue weighted by Crippen LogP contribution is -2.38. The molecule has 0 aromatic heterocycles. The van der Waals surface area contributed by atoms with Crippen LogP contribution < -0.4 is 20.1 Å². The van der Waals surface area contributed by atoms with Crippen molar-refractivity contribution in [2.45, 2.75) is 51.5 Å². The van der Waals surface area contributed by atoms with E-state index in [1.54, 1.807) is 14.2 Å². The second kappa shape index (κ2) is 12.3. The highest BCUT2D eigenvalue weighted by Crippen LogP contribution is 2.30. The Morgan fingerprint density at radius 3 is 2.52 bits per heavy atom. The van der Waals surface area contributed by atoms with Gasteiger partial charge in [-0.05, 0) is 43.4 Å². The molecule has 1 aliphatic carbocycles. The summed E-state index contributed by atoms with van der Waals surface area (Å²) >= 11 is 0. The quantitative estimate of drug-likeness (QED) is 0.552. The van der Waals surface area contributed by atoms with E-state index in [1.807, 2.05) is 25.1 Å². The van der Waals surface area contributed by atoms with Crippen LogP contribution in [0.4, 0.5) is 0 Å². The zero-order valence-electron chi connectivity index (χ0n) is 17.8. The molecule has 1 aromatic carbocycles. The van der Waals surface area contributed by atoms with Gasteiger partial charge >= 0.3 is 0 Å². The number of hydrogen-bond donors (Lipinski definition) is 2. The summed E-state index contributed by atoms with van der Waals surface area (Å²) in [6.07, 6.45) is 6.42. The van der Waals surface area contributed by atoms with Gasteiger partial charge in [-0.2, -0.15) is 0 Å². The van der Waals surface area contributed by atoms with E-state index in [0.717, 1.165) is 18.4 Å². The Labute approximate surface area is 173 Å². The summed E-state index contributed by atoms with van der Waals surface area (Å²) in [5.74, 6) is 1.43. The van der Waals surface area contributed by atoms with Crippen molar-refractivity contribution in [1.82, 2.24) is 10.6 Å². The maximum absolute atomic E-state index is 12.2. The van der Waals surface area contributed by atoms with Crippen LogP contribution in [0.5, 0.6) is 11.5 Å². The highest BCUT2D eigenvalue weighted by Gasteiger charge is 2.18. The number of ether oxygens (including phenoxy) is 3. The molecule has 0 heterocycles. The van der Waals surface area contributed by atoms with Gasteiger partial charge in [0.1, 0.15) is 6.61 Å². The first-order chi connectivity index (χ1) is 14.0. The minimum atomic E-state index is -0.223. The number of benzene rings is 1. The molecular formula is C22H34N2O5. The number of carbonyl (C=O) groups excluding carboxylic acids is 2. The van der Waals surface area contributed by atoms with Gasteiger partial charge in [0.15, 0.2) is 11.5 Å². The molecule has 1 saturated carbocycles. The highest BCUT2D eigenvalue weighted by molar-refractivity contribution is 5.85. The van der Waals surface area contributed by atoms with Crippen LogP contribution in [0, 0.1) is 5.92 Å². The van der Waals surface area contributed by atoms with Gasteiger partial charge in [-0.15, -0.1) is 0 Å². The van der Waals surface area contributed by atoms with E-state index in [9.17, 15) is 9.59 Å². The molecule has 7 nitrogen and oxygen atoms in total. The predicted octanol–water partition coefficient (Wildman–Crippen LogP) is 2.98. The second-order valence-electron chi connectivity index (χ2n) is 7.53. The third kappa shape index (κ3) is 7.93. The smallest absolute Gasteiger partial charge is 0.239 e. The van der Waals surface area contributed by atoms with Crippen molar-refractivity contribution in [3.8, 4) is 11.5 Å². The minimum Gasteiger partial charge on any atom is -0.493 e. The molecule has 0 spiro atoms. The number of methoxy groups -OCH3 is 2. The van der Waals surface area contributed by atoms with Gasteiger partial charge in [-0.3, -0.25) is 9.59 Å². The number of rotatable bonds is 11.